The Morgan fingerprint density at radius 1 is 1.33 bits per heavy atom. The Labute approximate surface area is 101 Å². The van der Waals surface area contributed by atoms with E-state index < -0.39 is 22.6 Å². The van der Waals surface area contributed by atoms with Crippen LogP contribution in [0.5, 0.6) is 0 Å². The predicted octanol–water partition coefficient (Wildman–Crippen LogP) is 0.857. The molecule has 0 aliphatic carbocycles. The zero-order valence-electron chi connectivity index (χ0n) is 9.54. The number of esters is 2. The van der Waals surface area contributed by atoms with E-state index in [1.165, 1.54) is 12.1 Å². The van der Waals surface area contributed by atoms with Crippen LogP contribution in [0, 0.1) is 10.1 Å². The molecule has 1 aromatic rings. The highest BCUT2D eigenvalue weighted by Crippen LogP contribution is 2.14. The van der Waals surface area contributed by atoms with Gasteiger partial charge in [-0.15, -0.1) is 0 Å². The summed E-state index contributed by atoms with van der Waals surface area (Å²) in [5, 5.41) is 10.6. The third-order valence-electron chi connectivity index (χ3n) is 1.88. The summed E-state index contributed by atoms with van der Waals surface area (Å²) in [6.07, 6.45) is 0.859. The maximum Gasteiger partial charge on any atom is 0.409 e. The van der Waals surface area contributed by atoms with E-state index in [1.807, 2.05) is 0 Å². The first-order chi connectivity index (χ1) is 8.49. The fourth-order valence-corrected chi connectivity index (χ4v) is 1.07. The number of hydrogen-bond acceptors (Lipinski definition) is 7. The van der Waals surface area contributed by atoms with Crippen LogP contribution in [0.1, 0.15) is 16.3 Å². The van der Waals surface area contributed by atoms with Gasteiger partial charge in [-0.25, -0.2) is 9.59 Å². The van der Waals surface area contributed by atoms with Crippen LogP contribution in [0.2, 0.25) is 0 Å². The number of ether oxygens (including phenoxy) is 2. The summed E-state index contributed by atoms with van der Waals surface area (Å²) in [7, 11) is 2.18. The molecule has 0 bridgehead atoms. The van der Waals surface area contributed by atoms with Crippen molar-refractivity contribution in [2.75, 3.05) is 14.2 Å². The molecule has 0 aromatic carbocycles. The normalized spacial score (nSPS) is 10.9. The van der Waals surface area contributed by atoms with E-state index in [-0.39, 0.29) is 11.5 Å². The zero-order valence-corrected chi connectivity index (χ0v) is 9.54. The molecule has 0 fully saturated rings. The molecule has 0 aliphatic rings. The lowest BCUT2D eigenvalue weighted by Crippen LogP contribution is -2.12. The highest BCUT2D eigenvalue weighted by molar-refractivity contribution is 5.91. The molecular weight excluding hydrogens is 246 g/mol. The summed E-state index contributed by atoms with van der Waals surface area (Å²) in [5.41, 5.74) is -0.803. The standard InChI is InChI=1S/C10H9NO7/c1-16-9(12)7(11(14)15)5-6-3-4-8(18-6)10(13)17-2/h3-5H,1-2H3. The van der Waals surface area contributed by atoms with Gasteiger partial charge in [0.05, 0.1) is 25.2 Å². The Morgan fingerprint density at radius 3 is 2.50 bits per heavy atom. The van der Waals surface area contributed by atoms with E-state index in [1.54, 1.807) is 0 Å². The summed E-state index contributed by atoms with van der Waals surface area (Å²) in [6, 6.07) is 2.56. The minimum Gasteiger partial charge on any atom is -0.463 e. The molecule has 0 unspecified atom stereocenters. The first-order valence-corrected chi connectivity index (χ1v) is 4.62. The van der Waals surface area contributed by atoms with E-state index in [0.29, 0.717) is 0 Å². The number of carbonyl (C=O) groups is 2. The van der Waals surface area contributed by atoms with Crippen molar-refractivity contribution in [1.82, 2.24) is 0 Å². The zero-order chi connectivity index (χ0) is 13.7. The lowest BCUT2D eigenvalue weighted by molar-refractivity contribution is -0.419. The van der Waals surface area contributed by atoms with Gasteiger partial charge in [-0.3, -0.25) is 10.1 Å². The van der Waals surface area contributed by atoms with Gasteiger partial charge >= 0.3 is 17.6 Å². The summed E-state index contributed by atoms with van der Waals surface area (Å²) in [5.74, 6) is -2.00. The maximum absolute atomic E-state index is 11.1. The summed E-state index contributed by atoms with van der Waals surface area (Å²) in [4.78, 5) is 31.9. The monoisotopic (exact) mass is 255 g/mol. The molecule has 18 heavy (non-hydrogen) atoms. The summed E-state index contributed by atoms with van der Waals surface area (Å²) >= 11 is 0. The van der Waals surface area contributed by atoms with Crippen molar-refractivity contribution < 1.29 is 28.4 Å². The molecule has 1 heterocycles. The Hall–Kier alpha value is -2.64. The van der Waals surface area contributed by atoms with Crippen LogP contribution >= 0.6 is 0 Å². The third-order valence-corrected chi connectivity index (χ3v) is 1.88. The van der Waals surface area contributed by atoms with Gasteiger partial charge in [-0.05, 0) is 12.1 Å². The first kappa shape index (κ1) is 13.4. The van der Waals surface area contributed by atoms with Gasteiger partial charge in [-0.2, -0.15) is 0 Å². The molecule has 8 nitrogen and oxygen atoms in total. The quantitative estimate of drug-likeness (QED) is 0.339. The fraction of sp³-hybridized carbons (Fsp3) is 0.200. The summed E-state index contributed by atoms with van der Waals surface area (Å²) < 4.78 is 13.6. The number of rotatable bonds is 4. The number of methoxy groups -OCH3 is 2. The van der Waals surface area contributed by atoms with Crippen LogP contribution in [0.15, 0.2) is 22.2 Å². The van der Waals surface area contributed by atoms with Gasteiger partial charge in [0.15, 0.2) is 0 Å². The Morgan fingerprint density at radius 2 is 2.00 bits per heavy atom. The minimum absolute atomic E-state index is 0.0347. The van der Waals surface area contributed by atoms with Crippen molar-refractivity contribution >= 4 is 18.0 Å². The largest absolute Gasteiger partial charge is 0.463 e. The number of carbonyl (C=O) groups excluding carboxylic acids is 2. The van der Waals surface area contributed by atoms with E-state index >= 15 is 0 Å². The topological polar surface area (TPSA) is 109 Å². The molecule has 0 amide bonds. The molecule has 0 atom stereocenters. The maximum atomic E-state index is 11.1. The number of hydrogen-bond donors (Lipinski definition) is 0. The lowest BCUT2D eigenvalue weighted by Gasteiger charge is -1.95. The Balaban J connectivity index is 3.06. The average molecular weight is 255 g/mol. The van der Waals surface area contributed by atoms with Crippen LogP contribution in [-0.2, 0) is 14.3 Å². The van der Waals surface area contributed by atoms with Crippen molar-refractivity contribution in [2.45, 2.75) is 0 Å². The van der Waals surface area contributed by atoms with Crippen LogP contribution in [-0.4, -0.2) is 31.1 Å². The Kier molecular flexibility index (Phi) is 4.19. The summed E-state index contributed by atoms with van der Waals surface area (Å²) in [6.45, 7) is 0. The lowest BCUT2D eigenvalue weighted by atomic mass is 10.3. The van der Waals surface area contributed by atoms with Crippen molar-refractivity contribution in [3.05, 3.63) is 39.5 Å². The fourth-order valence-electron chi connectivity index (χ4n) is 1.07. The molecular formula is C10H9NO7. The van der Waals surface area contributed by atoms with Crippen LogP contribution in [0.4, 0.5) is 0 Å². The molecule has 8 heteroatoms. The highest BCUT2D eigenvalue weighted by atomic mass is 16.6. The van der Waals surface area contributed by atoms with Crippen LogP contribution < -0.4 is 0 Å². The van der Waals surface area contributed by atoms with Gasteiger partial charge in [0.25, 0.3) is 0 Å². The van der Waals surface area contributed by atoms with Crippen molar-refractivity contribution in [1.29, 1.82) is 0 Å². The van der Waals surface area contributed by atoms with E-state index in [2.05, 4.69) is 9.47 Å². The molecule has 0 aliphatic heterocycles. The second kappa shape index (κ2) is 5.62. The van der Waals surface area contributed by atoms with E-state index in [0.717, 1.165) is 20.3 Å². The van der Waals surface area contributed by atoms with Gasteiger partial charge in [-0.1, -0.05) is 0 Å². The first-order valence-electron chi connectivity index (χ1n) is 4.62. The third kappa shape index (κ3) is 2.94. The number of nitro groups is 1. The van der Waals surface area contributed by atoms with Crippen molar-refractivity contribution in [2.24, 2.45) is 0 Å². The predicted molar refractivity (Wildman–Crippen MR) is 57.0 cm³/mol. The van der Waals surface area contributed by atoms with Crippen LogP contribution in [0.25, 0.3) is 6.08 Å². The number of furan rings is 1. The van der Waals surface area contributed by atoms with Gasteiger partial charge in [0, 0.05) is 0 Å². The van der Waals surface area contributed by atoms with Gasteiger partial charge in [0.1, 0.15) is 5.76 Å². The number of nitrogens with zero attached hydrogens (tertiary/aromatic N) is 1. The molecule has 1 aromatic heterocycles. The van der Waals surface area contributed by atoms with E-state index in [4.69, 9.17) is 4.42 Å². The van der Waals surface area contributed by atoms with E-state index in [9.17, 15) is 19.7 Å². The highest BCUT2D eigenvalue weighted by Gasteiger charge is 2.23. The molecule has 0 spiro atoms. The van der Waals surface area contributed by atoms with Crippen molar-refractivity contribution in [3.8, 4) is 0 Å². The minimum atomic E-state index is -1.11. The SMILES string of the molecule is COC(=O)C(=Cc1ccc(C(=O)OC)o1)[N+](=O)[O-]. The van der Waals surface area contributed by atoms with Gasteiger partial charge in [0.2, 0.25) is 5.76 Å². The molecule has 1 rings (SSSR count). The molecule has 0 saturated carbocycles. The van der Waals surface area contributed by atoms with Crippen molar-refractivity contribution in [3.63, 3.8) is 0 Å². The molecule has 96 valence electrons. The van der Waals surface area contributed by atoms with Gasteiger partial charge < -0.3 is 13.9 Å². The van der Waals surface area contributed by atoms with Crippen LogP contribution in [0.3, 0.4) is 0 Å². The molecule has 0 N–H and O–H groups in total. The Bertz CT molecular complexity index is 514. The molecule has 0 saturated heterocycles. The second-order valence-electron chi connectivity index (χ2n) is 2.97. The smallest absolute Gasteiger partial charge is 0.409 e. The average Bonchev–Trinajstić information content (AvgIpc) is 2.82. The second-order valence-corrected chi connectivity index (χ2v) is 2.97. The molecule has 0 radical (unpaired) electrons.